The number of sulfonamides is 1. The van der Waals surface area contributed by atoms with Gasteiger partial charge in [0.1, 0.15) is 6.04 Å². The fourth-order valence-electron chi connectivity index (χ4n) is 2.66. The van der Waals surface area contributed by atoms with Crippen molar-refractivity contribution in [1.82, 2.24) is 10.0 Å². The maximum atomic E-state index is 12.7. The summed E-state index contributed by atoms with van der Waals surface area (Å²) in [5, 5.41) is 2.87. The smallest absolute Gasteiger partial charge is 0.241 e. The zero-order chi connectivity index (χ0) is 20.0. The summed E-state index contributed by atoms with van der Waals surface area (Å²) < 4.78 is 27.9. The highest BCUT2D eigenvalue weighted by molar-refractivity contribution is 7.89. The van der Waals surface area contributed by atoms with Gasteiger partial charge >= 0.3 is 0 Å². The van der Waals surface area contributed by atoms with Crippen LogP contribution in [0.25, 0.3) is 0 Å². The van der Waals surface area contributed by atoms with Crippen LogP contribution < -0.4 is 10.0 Å². The predicted octanol–water partition coefficient (Wildman–Crippen LogP) is 3.63. The van der Waals surface area contributed by atoms with Crippen LogP contribution in [0.2, 0.25) is 0 Å². The van der Waals surface area contributed by atoms with Crippen molar-refractivity contribution in [2.45, 2.75) is 58.0 Å². The van der Waals surface area contributed by atoms with E-state index in [1.807, 2.05) is 26.8 Å². The fraction of sp³-hybridized carbons (Fsp3) is 0.450. The highest BCUT2D eigenvalue weighted by Gasteiger charge is 2.26. The summed E-state index contributed by atoms with van der Waals surface area (Å²) in [5.41, 5.74) is 0.979. The van der Waals surface area contributed by atoms with E-state index < -0.39 is 16.1 Å². The van der Waals surface area contributed by atoms with Gasteiger partial charge in [0.05, 0.1) is 11.4 Å². The van der Waals surface area contributed by atoms with Crippen LogP contribution in [0.1, 0.15) is 42.5 Å². The lowest BCUT2D eigenvalue weighted by Gasteiger charge is -2.20. The zero-order valence-corrected chi connectivity index (χ0v) is 17.9. The Kier molecular flexibility index (Phi) is 7.59. The summed E-state index contributed by atoms with van der Waals surface area (Å²) in [4.78, 5) is 15.1. The Bertz CT molecular complexity index is 856. The van der Waals surface area contributed by atoms with E-state index in [1.54, 1.807) is 35.6 Å². The number of aryl methyl sites for hydroxylation is 2. The van der Waals surface area contributed by atoms with Crippen LogP contribution in [0.5, 0.6) is 0 Å². The molecule has 0 radical (unpaired) electrons. The molecule has 1 aromatic heterocycles. The van der Waals surface area contributed by atoms with E-state index >= 15 is 0 Å². The normalized spacial score (nSPS) is 12.9. The minimum absolute atomic E-state index is 0.167. The fourth-order valence-corrected chi connectivity index (χ4v) is 4.76. The number of carbonyl (C=O) groups is 1. The molecule has 1 aromatic carbocycles. The number of rotatable bonds is 9. The van der Waals surface area contributed by atoms with Gasteiger partial charge in [-0.15, -0.1) is 11.3 Å². The predicted molar refractivity (Wildman–Crippen MR) is 110 cm³/mol. The Labute approximate surface area is 166 Å². The van der Waals surface area contributed by atoms with E-state index in [4.69, 9.17) is 0 Å². The summed E-state index contributed by atoms with van der Waals surface area (Å²) in [5.74, 6) is -0.124. The van der Waals surface area contributed by atoms with Crippen molar-refractivity contribution in [3.05, 3.63) is 51.7 Å². The Hall–Kier alpha value is -1.70. The van der Waals surface area contributed by atoms with Crippen LogP contribution >= 0.6 is 11.3 Å². The van der Waals surface area contributed by atoms with Gasteiger partial charge in [-0.05, 0) is 49.9 Å². The molecule has 5 nitrogen and oxygen atoms in total. The molecule has 2 aromatic rings. The van der Waals surface area contributed by atoms with Gasteiger partial charge in [-0.1, -0.05) is 38.5 Å². The average Bonchev–Trinajstić information content (AvgIpc) is 3.07. The summed E-state index contributed by atoms with van der Waals surface area (Å²) in [6, 6.07) is 9.85. The molecular weight excluding hydrogens is 380 g/mol. The van der Waals surface area contributed by atoms with E-state index in [0.29, 0.717) is 13.0 Å². The third-order valence-corrected chi connectivity index (χ3v) is 6.87. The quantitative estimate of drug-likeness (QED) is 0.665. The Balaban J connectivity index is 2.08. The summed E-state index contributed by atoms with van der Waals surface area (Å²) >= 11 is 1.66. The van der Waals surface area contributed by atoms with E-state index in [1.165, 1.54) is 4.88 Å². The van der Waals surface area contributed by atoms with Gasteiger partial charge in [-0.25, -0.2) is 8.42 Å². The maximum absolute atomic E-state index is 12.7. The van der Waals surface area contributed by atoms with Gasteiger partial charge in [0.2, 0.25) is 15.9 Å². The van der Waals surface area contributed by atoms with E-state index in [2.05, 4.69) is 23.0 Å². The molecule has 1 unspecified atom stereocenters. The molecule has 0 aliphatic rings. The van der Waals surface area contributed by atoms with Gasteiger partial charge in [-0.2, -0.15) is 4.72 Å². The van der Waals surface area contributed by atoms with Crippen LogP contribution in [0.3, 0.4) is 0 Å². The van der Waals surface area contributed by atoms with Crippen LogP contribution in [0.15, 0.2) is 41.3 Å². The van der Waals surface area contributed by atoms with Crippen molar-refractivity contribution in [2.24, 2.45) is 5.92 Å². The van der Waals surface area contributed by atoms with Crippen molar-refractivity contribution in [3.63, 3.8) is 0 Å². The van der Waals surface area contributed by atoms with Gasteiger partial charge in [0.25, 0.3) is 0 Å². The standard InChI is InChI=1S/C20H28N2O3S2/c1-5-16-8-9-17(26-16)13-21-20(23)19(12-14(2)3)22-27(24,25)18-10-6-15(4)7-11-18/h6-11,14,19,22H,5,12-13H2,1-4H3,(H,21,23). The largest absolute Gasteiger partial charge is 0.350 e. The topological polar surface area (TPSA) is 75.3 Å². The van der Waals surface area contributed by atoms with Gasteiger partial charge < -0.3 is 5.32 Å². The number of hydrogen-bond donors (Lipinski definition) is 2. The number of benzene rings is 1. The summed E-state index contributed by atoms with van der Waals surface area (Å²) in [7, 11) is -3.76. The van der Waals surface area contributed by atoms with E-state index in [-0.39, 0.29) is 16.7 Å². The monoisotopic (exact) mass is 408 g/mol. The van der Waals surface area contributed by atoms with Crippen molar-refractivity contribution in [3.8, 4) is 0 Å². The second-order valence-electron chi connectivity index (χ2n) is 7.06. The molecule has 1 heterocycles. The van der Waals surface area contributed by atoms with Crippen molar-refractivity contribution < 1.29 is 13.2 Å². The van der Waals surface area contributed by atoms with Crippen LogP contribution in [0.4, 0.5) is 0 Å². The van der Waals surface area contributed by atoms with Crippen LogP contribution in [-0.2, 0) is 27.8 Å². The van der Waals surface area contributed by atoms with E-state index in [9.17, 15) is 13.2 Å². The van der Waals surface area contributed by atoms with Crippen molar-refractivity contribution in [1.29, 1.82) is 0 Å². The highest BCUT2D eigenvalue weighted by Crippen LogP contribution is 2.17. The highest BCUT2D eigenvalue weighted by atomic mass is 32.2. The third-order valence-electron chi connectivity index (χ3n) is 4.15. The summed E-state index contributed by atoms with van der Waals surface area (Å²) in [6.07, 6.45) is 1.40. The van der Waals surface area contributed by atoms with Crippen LogP contribution in [-0.4, -0.2) is 20.4 Å². The molecule has 148 valence electrons. The first-order chi connectivity index (χ1) is 12.7. The molecule has 7 heteroatoms. The first-order valence-electron chi connectivity index (χ1n) is 9.15. The van der Waals surface area contributed by atoms with Gasteiger partial charge in [0.15, 0.2) is 0 Å². The van der Waals surface area contributed by atoms with Gasteiger partial charge in [-0.3, -0.25) is 4.79 Å². The van der Waals surface area contributed by atoms with E-state index in [0.717, 1.165) is 16.9 Å². The molecule has 2 N–H and O–H groups in total. The van der Waals surface area contributed by atoms with Crippen LogP contribution in [0, 0.1) is 12.8 Å². The molecule has 0 fully saturated rings. The molecule has 2 rings (SSSR count). The Morgan fingerprint density at radius 1 is 1.07 bits per heavy atom. The molecule has 0 saturated carbocycles. The van der Waals surface area contributed by atoms with Crippen molar-refractivity contribution in [2.75, 3.05) is 0 Å². The Morgan fingerprint density at radius 3 is 2.26 bits per heavy atom. The lowest BCUT2D eigenvalue weighted by Crippen LogP contribution is -2.47. The second-order valence-corrected chi connectivity index (χ2v) is 10.0. The number of hydrogen-bond acceptors (Lipinski definition) is 4. The number of nitrogens with one attached hydrogen (secondary N) is 2. The third kappa shape index (κ3) is 6.45. The lowest BCUT2D eigenvalue weighted by molar-refractivity contribution is -0.123. The second kappa shape index (κ2) is 9.48. The molecule has 0 bridgehead atoms. The molecule has 0 spiro atoms. The maximum Gasteiger partial charge on any atom is 0.241 e. The SMILES string of the molecule is CCc1ccc(CNC(=O)C(CC(C)C)NS(=O)(=O)c2ccc(C)cc2)s1. The molecular formula is C20H28N2O3S2. The molecule has 0 aliphatic heterocycles. The average molecular weight is 409 g/mol. The lowest BCUT2D eigenvalue weighted by atomic mass is 10.0. The molecule has 0 saturated heterocycles. The zero-order valence-electron chi connectivity index (χ0n) is 16.3. The number of thiophene rings is 1. The molecule has 27 heavy (non-hydrogen) atoms. The Morgan fingerprint density at radius 2 is 1.70 bits per heavy atom. The molecule has 0 aliphatic carbocycles. The molecule has 1 atom stereocenters. The minimum Gasteiger partial charge on any atom is -0.350 e. The first kappa shape index (κ1) is 21.6. The minimum atomic E-state index is -3.76. The first-order valence-corrected chi connectivity index (χ1v) is 11.5. The number of amides is 1. The number of carbonyl (C=O) groups excluding carboxylic acids is 1. The van der Waals surface area contributed by atoms with Gasteiger partial charge in [0, 0.05) is 9.75 Å². The molecule has 1 amide bonds. The summed E-state index contributed by atoms with van der Waals surface area (Å²) in [6.45, 7) is 8.32. The van der Waals surface area contributed by atoms with Crippen molar-refractivity contribution >= 4 is 27.3 Å².